The van der Waals surface area contributed by atoms with Crippen molar-refractivity contribution in [1.82, 2.24) is 19.9 Å². The number of nitrogens with zero attached hydrogens (tertiary/aromatic N) is 2. The Kier molecular flexibility index (Phi) is 2.48. The van der Waals surface area contributed by atoms with Crippen molar-refractivity contribution in [2.24, 2.45) is 0 Å². The molecule has 17 heavy (non-hydrogen) atoms. The van der Waals surface area contributed by atoms with Gasteiger partial charge in [0, 0.05) is 17.8 Å². The van der Waals surface area contributed by atoms with Crippen molar-refractivity contribution in [3.63, 3.8) is 0 Å². The van der Waals surface area contributed by atoms with Crippen LogP contribution in [0.3, 0.4) is 0 Å². The van der Waals surface area contributed by atoms with Gasteiger partial charge in [-0.25, -0.2) is 4.52 Å². The van der Waals surface area contributed by atoms with Crippen molar-refractivity contribution in [2.75, 3.05) is 6.54 Å². The van der Waals surface area contributed by atoms with E-state index >= 15 is 0 Å². The normalized spacial score (nSPS) is 20.9. The summed E-state index contributed by atoms with van der Waals surface area (Å²) >= 11 is 0. The van der Waals surface area contributed by atoms with Gasteiger partial charge in [0.05, 0.1) is 11.7 Å². The molecule has 1 unspecified atom stereocenters. The molecule has 0 spiro atoms. The zero-order chi connectivity index (χ0) is 11.8. The number of aromatic nitrogens is 3. The average molecular weight is 232 g/mol. The van der Waals surface area contributed by atoms with Gasteiger partial charge in [-0.05, 0) is 26.3 Å². The van der Waals surface area contributed by atoms with Gasteiger partial charge < -0.3 is 10.3 Å². The third kappa shape index (κ3) is 1.86. The maximum absolute atomic E-state index is 11.5. The van der Waals surface area contributed by atoms with Gasteiger partial charge in [0.15, 0.2) is 0 Å². The number of aryl methyl sites for hydroxylation is 1. The van der Waals surface area contributed by atoms with Crippen LogP contribution in [0.15, 0.2) is 17.1 Å². The molecule has 0 aromatic carbocycles. The second kappa shape index (κ2) is 4.00. The molecule has 3 rings (SSSR count). The smallest absolute Gasteiger partial charge is 0.254 e. The first-order valence-corrected chi connectivity index (χ1v) is 6.06. The molecule has 1 aliphatic rings. The number of fused-ring (bicyclic) bond motifs is 1. The van der Waals surface area contributed by atoms with Crippen LogP contribution in [0.2, 0.25) is 0 Å². The van der Waals surface area contributed by atoms with E-state index in [1.807, 2.05) is 6.07 Å². The van der Waals surface area contributed by atoms with Crippen LogP contribution in [0.1, 0.15) is 36.6 Å². The van der Waals surface area contributed by atoms with Crippen LogP contribution >= 0.6 is 0 Å². The van der Waals surface area contributed by atoms with E-state index in [0.717, 1.165) is 24.3 Å². The summed E-state index contributed by atoms with van der Waals surface area (Å²) in [7, 11) is 0. The van der Waals surface area contributed by atoms with Crippen LogP contribution in [0.4, 0.5) is 0 Å². The van der Waals surface area contributed by atoms with Gasteiger partial charge in [0.25, 0.3) is 5.56 Å². The first kappa shape index (κ1) is 10.5. The SMILES string of the molecule is Cc1cn2nc(C3CCCCN3)cc2[nH]c1=O. The molecule has 5 nitrogen and oxygen atoms in total. The Bertz CT molecular complexity index is 592. The molecule has 1 atom stereocenters. The number of aromatic amines is 1. The Balaban J connectivity index is 2.03. The van der Waals surface area contributed by atoms with E-state index in [-0.39, 0.29) is 5.56 Å². The summed E-state index contributed by atoms with van der Waals surface area (Å²) in [6, 6.07) is 2.29. The van der Waals surface area contributed by atoms with Crippen LogP contribution in [0.5, 0.6) is 0 Å². The minimum atomic E-state index is -0.0412. The minimum Gasteiger partial charge on any atom is -0.309 e. The highest BCUT2D eigenvalue weighted by Crippen LogP contribution is 2.22. The van der Waals surface area contributed by atoms with Crippen LogP contribution in [0.25, 0.3) is 5.65 Å². The first-order chi connectivity index (χ1) is 8.24. The Morgan fingerprint density at radius 2 is 2.35 bits per heavy atom. The van der Waals surface area contributed by atoms with Crippen molar-refractivity contribution in [2.45, 2.75) is 32.2 Å². The second-order valence-corrected chi connectivity index (χ2v) is 4.67. The van der Waals surface area contributed by atoms with Crippen molar-refractivity contribution >= 4 is 5.65 Å². The minimum absolute atomic E-state index is 0.0412. The third-order valence-electron chi connectivity index (χ3n) is 3.34. The van der Waals surface area contributed by atoms with E-state index in [4.69, 9.17) is 0 Å². The average Bonchev–Trinajstić information content (AvgIpc) is 2.74. The fourth-order valence-corrected chi connectivity index (χ4v) is 2.34. The fraction of sp³-hybridized carbons (Fsp3) is 0.500. The molecular formula is C12H16N4O. The number of H-pyrrole nitrogens is 1. The fourth-order valence-electron chi connectivity index (χ4n) is 2.34. The van der Waals surface area contributed by atoms with Crippen LogP contribution in [0, 0.1) is 6.92 Å². The molecule has 2 aromatic heterocycles. The zero-order valence-corrected chi connectivity index (χ0v) is 9.86. The Labute approximate surface area is 98.9 Å². The molecule has 0 bridgehead atoms. The monoisotopic (exact) mass is 232 g/mol. The highest BCUT2D eigenvalue weighted by molar-refractivity contribution is 5.40. The molecule has 1 aliphatic heterocycles. The molecule has 0 saturated carbocycles. The van der Waals surface area contributed by atoms with E-state index in [9.17, 15) is 4.79 Å². The van der Waals surface area contributed by atoms with Crippen molar-refractivity contribution < 1.29 is 0 Å². The lowest BCUT2D eigenvalue weighted by atomic mass is 10.0. The first-order valence-electron chi connectivity index (χ1n) is 6.06. The lowest BCUT2D eigenvalue weighted by Crippen LogP contribution is -2.27. The molecule has 2 N–H and O–H groups in total. The molecule has 2 aromatic rings. The highest BCUT2D eigenvalue weighted by atomic mass is 16.1. The molecule has 5 heteroatoms. The largest absolute Gasteiger partial charge is 0.309 e. The quantitative estimate of drug-likeness (QED) is 0.775. The molecule has 90 valence electrons. The number of hydrogen-bond acceptors (Lipinski definition) is 3. The maximum Gasteiger partial charge on any atom is 0.254 e. The van der Waals surface area contributed by atoms with Gasteiger partial charge in [-0.1, -0.05) is 6.42 Å². The van der Waals surface area contributed by atoms with Gasteiger partial charge in [-0.15, -0.1) is 0 Å². The van der Waals surface area contributed by atoms with Gasteiger partial charge in [0.2, 0.25) is 0 Å². The topological polar surface area (TPSA) is 62.2 Å². The summed E-state index contributed by atoms with van der Waals surface area (Å²) < 4.78 is 1.75. The van der Waals surface area contributed by atoms with Crippen molar-refractivity contribution in [3.8, 4) is 0 Å². The lowest BCUT2D eigenvalue weighted by molar-refractivity contribution is 0.404. The van der Waals surface area contributed by atoms with Gasteiger partial charge in [-0.3, -0.25) is 4.79 Å². The summed E-state index contributed by atoms with van der Waals surface area (Å²) in [4.78, 5) is 14.3. The Hall–Kier alpha value is -1.62. The molecule has 0 amide bonds. The van der Waals surface area contributed by atoms with Crippen LogP contribution < -0.4 is 10.9 Å². The number of nitrogens with one attached hydrogen (secondary N) is 2. The van der Waals surface area contributed by atoms with E-state index in [2.05, 4.69) is 15.4 Å². The second-order valence-electron chi connectivity index (χ2n) is 4.67. The molecule has 3 heterocycles. The van der Waals surface area contributed by atoms with E-state index in [1.165, 1.54) is 12.8 Å². The van der Waals surface area contributed by atoms with Crippen LogP contribution in [-0.2, 0) is 0 Å². The summed E-state index contributed by atoms with van der Waals surface area (Å²) in [5.74, 6) is 0. The van der Waals surface area contributed by atoms with Gasteiger partial charge >= 0.3 is 0 Å². The Morgan fingerprint density at radius 3 is 3.12 bits per heavy atom. The van der Waals surface area contributed by atoms with Gasteiger partial charge in [-0.2, -0.15) is 5.10 Å². The zero-order valence-electron chi connectivity index (χ0n) is 9.86. The lowest BCUT2D eigenvalue weighted by Gasteiger charge is -2.21. The molecular weight excluding hydrogens is 216 g/mol. The molecule has 0 aliphatic carbocycles. The number of hydrogen-bond donors (Lipinski definition) is 2. The predicted molar refractivity (Wildman–Crippen MR) is 65.1 cm³/mol. The highest BCUT2D eigenvalue weighted by Gasteiger charge is 2.17. The third-order valence-corrected chi connectivity index (χ3v) is 3.34. The molecule has 0 radical (unpaired) electrons. The van der Waals surface area contributed by atoms with E-state index in [1.54, 1.807) is 17.6 Å². The summed E-state index contributed by atoms with van der Waals surface area (Å²) in [5, 5.41) is 7.98. The Morgan fingerprint density at radius 1 is 1.47 bits per heavy atom. The van der Waals surface area contributed by atoms with Gasteiger partial charge in [0.1, 0.15) is 5.65 Å². The van der Waals surface area contributed by atoms with E-state index in [0.29, 0.717) is 11.6 Å². The van der Waals surface area contributed by atoms with Crippen molar-refractivity contribution in [1.29, 1.82) is 0 Å². The molecule has 1 saturated heterocycles. The van der Waals surface area contributed by atoms with E-state index < -0.39 is 0 Å². The number of piperidine rings is 1. The van der Waals surface area contributed by atoms with Crippen LogP contribution in [-0.4, -0.2) is 21.1 Å². The predicted octanol–water partition coefficient (Wildman–Crippen LogP) is 1.15. The maximum atomic E-state index is 11.5. The summed E-state index contributed by atoms with van der Waals surface area (Å²) in [6.45, 7) is 2.84. The number of rotatable bonds is 1. The van der Waals surface area contributed by atoms with Crippen molar-refractivity contribution in [3.05, 3.63) is 33.9 Å². The molecule has 1 fully saturated rings. The summed E-state index contributed by atoms with van der Waals surface area (Å²) in [5.41, 5.74) is 2.43. The summed E-state index contributed by atoms with van der Waals surface area (Å²) in [6.07, 6.45) is 5.37. The standard InChI is InChI=1S/C12H16N4O/c1-8-7-16-11(14-12(8)17)6-10(15-16)9-4-2-3-5-13-9/h6-7,9,13H,2-5H2,1H3,(H,14,17).